The van der Waals surface area contributed by atoms with Gasteiger partial charge in [-0.2, -0.15) is 0 Å². The van der Waals surface area contributed by atoms with Crippen molar-refractivity contribution in [3.05, 3.63) is 26.6 Å². The Hall–Kier alpha value is -1.87. The van der Waals surface area contributed by atoms with Crippen LogP contribution in [0.1, 0.15) is 43.5 Å². The van der Waals surface area contributed by atoms with E-state index in [-0.39, 0.29) is 17.9 Å². The van der Waals surface area contributed by atoms with Crippen molar-refractivity contribution in [2.75, 3.05) is 0 Å². The van der Waals surface area contributed by atoms with Gasteiger partial charge in [-0.3, -0.25) is 9.59 Å². The third kappa shape index (κ3) is 4.09. The predicted molar refractivity (Wildman–Crippen MR) is 105 cm³/mol. The summed E-state index contributed by atoms with van der Waals surface area (Å²) in [5, 5.41) is 12.0. The van der Waals surface area contributed by atoms with Crippen molar-refractivity contribution in [1.82, 2.24) is 15.3 Å². The number of carbonyl (C=O) groups excluding carboxylic acids is 1. The number of aliphatic carboxylic acids is 1. The van der Waals surface area contributed by atoms with E-state index in [1.54, 1.807) is 13.8 Å². The molecule has 2 aromatic rings. The molecule has 0 saturated carbocycles. The molecule has 0 aliphatic heterocycles. The number of amides is 1. The van der Waals surface area contributed by atoms with Gasteiger partial charge in [0.2, 0.25) is 5.91 Å². The molecule has 0 aliphatic carbocycles. The monoisotopic (exact) mass is 397 g/mol. The van der Waals surface area contributed by atoms with Gasteiger partial charge in [0.1, 0.15) is 16.2 Å². The number of hydrogen-bond acceptors (Lipinski definition) is 6. The maximum Gasteiger partial charge on any atom is 0.329 e. The van der Waals surface area contributed by atoms with E-state index < -0.39 is 16.8 Å². The average Bonchev–Trinajstić information content (AvgIpc) is 2.86. The number of carbonyl (C=O) groups is 2. The van der Waals surface area contributed by atoms with E-state index in [0.29, 0.717) is 21.8 Å². The highest BCUT2D eigenvalue weighted by Crippen LogP contribution is 2.26. The topological polar surface area (TPSA) is 112 Å². The maximum absolute atomic E-state index is 12.3. The first-order valence-corrected chi connectivity index (χ1v) is 10.1. The minimum atomic E-state index is -1.29. The summed E-state index contributed by atoms with van der Waals surface area (Å²) in [5.74, 6) is -0.561. The molecule has 0 fully saturated rings. The Labute approximate surface area is 159 Å². The van der Waals surface area contributed by atoms with E-state index in [1.165, 1.54) is 30.0 Å². The molecule has 2 heterocycles. The van der Waals surface area contributed by atoms with Gasteiger partial charge in [0, 0.05) is 4.88 Å². The smallest absolute Gasteiger partial charge is 0.329 e. The van der Waals surface area contributed by atoms with E-state index in [4.69, 9.17) is 0 Å². The van der Waals surface area contributed by atoms with Gasteiger partial charge < -0.3 is 15.4 Å². The van der Waals surface area contributed by atoms with Crippen molar-refractivity contribution in [2.24, 2.45) is 0 Å². The van der Waals surface area contributed by atoms with Gasteiger partial charge in [0.25, 0.3) is 5.56 Å². The minimum absolute atomic E-state index is 0.172. The number of nitrogens with zero attached hydrogens (tertiary/aromatic N) is 1. The molecular formula is C17H23N3O4S2. The van der Waals surface area contributed by atoms with Gasteiger partial charge in [0.15, 0.2) is 0 Å². The molecule has 0 radical (unpaired) electrons. The van der Waals surface area contributed by atoms with Crippen LogP contribution < -0.4 is 10.9 Å². The van der Waals surface area contributed by atoms with Crippen molar-refractivity contribution in [2.45, 2.75) is 57.6 Å². The molecule has 0 aromatic carbocycles. The fraction of sp³-hybridized carbons (Fsp3) is 0.529. The molecule has 3 N–H and O–H groups in total. The highest BCUT2D eigenvalue weighted by molar-refractivity contribution is 7.99. The van der Waals surface area contributed by atoms with Crippen LogP contribution in [0.5, 0.6) is 0 Å². The Balaban J connectivity index is 2.08. The van der Waals surface area contributed by atoms with Crippen molar-refractivity contribution < 1.29 is 14.7 Å². The van der Waals surface area contributed by atoms with Crippen LogP contribution in [0.15, 0.2) is 4.79 Å². The Morgan fingerprint density at radius 3 is 2.65 bits per heavy atom. The summed E-state index contributed by atoms with van der Waals surface area (Å²) in [4.78, 5) is 44.9. The SMILES string of the molecule is CCC(C)(NC(=O)C(C)SCc1nc2sc(C)c(C)c2c(=O)[nH]1)C(=O)O. The Bertz CT molecular complexity index is 905. The number of carboxylic acids is 1. The second-order valence-electron chi connectivity index (χ2n) is 6.41. The highest BCUT2D eigenvalue weighted by Gasteiger charge is 2.34. The molecule has 9 heteroatoms. The zero-order chi connectivity index (χ0) is 19.6. The van der Waals surface area contributed by atoms with Gasteiger partial charge in [0.05, 0.1) is 16.4 Å². The fourth-order valence-electron chi connectivity index (χ4n) is 2.31. The molecule has 2 rings (SSSR count). The molecule has 2 unspecified atom stereocenters. The van der Waals surface area contributed by atoms with Crippen molar-refractivity contribution >= 4 is 45.2 Å². The summed E-state index contributed by atoms with van der Waals surface area (Å²) in [7, 11) is 0. The third-order valence-corrected chi connectivity index (χ3v) is 6.76. The van der Waals surface area contributed by atoms with Crippen LogP contribution in [0.3, 0.4) is 0 Å². The maximum atomic E-state index is 12.3. The molecule has 0 aliphatic rings. The van der Waals surface area contributed by atoms with Crippen LogP contribution in [0.2, 0.25) is 0 Å². The van der Waals surface area contributed by atoms with Crippen LogP contribution in [-0.4, -0.2) is 37.7 Å². The van der Waals surface area contributed by atoms with Crippen LogP contribution in [0.4, 0.5) is 0 Å². The zero-order valence-electron chi connectivity index (χ0n) is 15.4. The van der Waals surface area contributed by atoms with Crippen LogP contribution in [-0.2, 0) is 15.3 Å². The second-order valence-corrected chi connectivity index (χ2v) is 8.94. The van der Waals surface area contributed by atoms with Crippen molar-refractivity contribution in [3.63, 3.8) is 0 Å². The summed E-state index contributed by atoms with van der Waals surface area (Å²) in [6.45, 7) is 8.75. The molecule has 0 bridgehead atoms. The van der Waals surface area contributed by atoms with Crippen LogP contribution in [0.25, 0.3) is 10.2 Å². The summed E-state index contributed by atoms with van der Waals surface area (Å²) < 4.78 is 0. The largest absolute Gasteiger partial charge is 0.480 e. The van der Waals surface area contributed by atoms with Gasteiger partial charge >= 0.3 is 5.97 Å². The number of H-pyrrole nitrogens is 1. The normalized spacial score (nSPS) is 14.8. The quantitative estimate of drug-likeness (QED) is 0.662. The molecule has 2 atom stereocenters. The van der Waals surface area contributed by atoms with Gasteiger partial charge in [-0.1, -0.05) is 6.92 Å². The fourth-order valence-corrected chi connectivity index (χ4v) is 4.12. The number of rotatable bonds is 7. The lowest BCUT2D eigenvalue weighted by molar-refractivity contribution is -0.146. The second kappa shape index (κ2) is 7.79. The van der Waals surface area contributed by atoms with E-state index in [9.17, 15) is 19.5 Å². The Morgan fingerprint density at radius 1 is 1.42 bits per heavy atom. The molecule has 0 spiro atoms. The first-order chi connectivity index (χ1) is 12.1. The zero-order valence-corrected chi connectivity index (χ0v) is 17.1. The number of aromatic amines is 1. The van der Waals surface area contributed by atoms with Crippen LogP contribution >= 0.6 is 23.1 Å². The lowest BCUT2D eigenvalue weighted by Crippen LogP contribution is -2.53. The molecule has 142 valence electrons. The van der Waals surface area contributed by atoms with Gasteiger partial charge in [-0.25, -0.2) is 9.78 Å². The number of carboxylic acid groups (broad SMARTS) is 1. The molecule has 1 amide bonds. The summed E-state index contributed by atoms with van der Waals surface area (Å²) in [5.41, 5.74) is -0.518. The highest BCUT2D eigenvalue weighted by atomic mass is 32.2. The van der Waals surface area contributed by atoms with Crippen molar-refractivity contribution in [1.29, 1.82) is 0 Å². The van der Waals surface area contributed by atoms with Gasteiger partial charge in [-0.05, 0) is 39.7 Å². The number of nitrogens with one attached hydrogen (secondary N) is 2. The number of hydrogen-bond donors (Lipinski definition) is 3. The molecule has 0 saturated heterocycles. The Morgan fingerprint density at radius 2 is 2.08 bits per heavy atom. The molecule has 7 nitrogen and oxygen atoms in total. The Kier molecular flexibility index (Phi) is 6.13. The average molecular weight is 398 g/mol. The molecule has 2 aromatic heterocycles. The van der Waals surface area contributed by atoms with E-state index in [0.717, 1.165) is 10.4 Å². The van der Waals surface area contributed by atoms with E-state index in [2.05, 4.69) is 15.3 Å². The first-order valence-electron chi connectivity index (χ1n) is 8.25. The standard InChI is InChI=1S/C17H23N3O4S2/c1-6-17(5,16(23)24)20-13(21)10(4)25-7-11-18-14(22)12-8(2)9(3)26-15(12)19-11/h10H,6-7H2,1-5H3,(H,20,21)(H,23,24)(H,18,19,22). The number of aryl methyl sites for hydroxylation is 2. The third-order valence-electron chi connectivity index (χ3n) is 4.51. The lowest BCUT2D eigenvalue weighted by atomic mass is 9.99. The summed E-state index contributed by atoms with van der Waals surface area (Å²) in [6.07, 6.45) is 0.286. The number of thiophene rings is 1. The van der Waals surface area contributed by atoms with Crippen molar-refractivity contribution in [3.8, 4) is 0 Å². The minimum Gasteiger partial charge on any atom is -0.480 e. The predicted octanol–water partition coefficient (Wildman–Crippen LogP) is 2.59. The lowest BCUT2D eigenvalue weighted by Gasteiger charge is -2.26. The van der Waals surface area contributed by atoms with E-state index in [1.807, 2.05) is 13.8 Å². The van der Waals surface area contributed by atoms with E-state index >= 15 is 0 Å². The summed E-state index contributed by atoms with van der Waals surface area (Å²) >= 11 is 2.77. The molecular weight excluding hydrogens is 374 g/mol. The number of thioether (sulfide) groups is 1. The number of fused-ring (bicyclic) bond motifs is 1. The summed E-state index contributed by atoms with van der Waals surface area (Å²) in [6, 6.07) is 0. The molecule has 26 heavy (non-hydrogen) atoms. The van der Waals surface area contributed by atoms with Gasteiger partial charge in [-0.15, -0.1) is 23.1 Å². The number of aromatic nitrogens is 2. The van der Waals surface area contributed by atoms with Crippen LogP contribution in [0, 0.1) is 13.8 Å². The first kappa shape index (κ1) is 20.4.